The molecule has 0 spiro atoms. The SMILES string of the molecule is C.Cc1nc2n(n1)C(c1cncs1)N2. The summed E-state index contributed by atoms with van der Waals surface area (Å²) in [5.41, 5.74) is 1.82. The second-order valence-electron chi connectivity index (χ2n) is 2.88. The number of fused-ring (bicyclic) bond motifs is 1. The molecule has 74 valence electrons. The predicted octanol–water partition coefficient (Wildman–Crippen LogP) is 1.65. The Morgan fingerprint density at radius 2 is 2.43 bits per heavy atom. The van der Waals surface area contributed by atoms with Crippen molar-refractivity contribution in [1.29, 1.82) is 0 Å². The Bertz CT molecular complexity index is 433. The van der Waals surface area contributed by atoms with E-state index in [1.54, 1.807) is 11.3 Å². The van der Waals surface area contributed by atoms with E-state index in [-0.39, 0.29) is 13.6 Å². The number of nitrogens with one attached hydrogen (secondary N) is 1. The summed E-state index contributed by atoms with van der Waals surface area (Å²) in [6.45, 7) is 1.89. The van der Waals surface area contributed by atoms with Crippen LogP contribution in [0.1, 0.15) is 24.3 Å². The van der Waals surface area contributed by atoms with Crippen LogP contribution in [0, 0.1) is 6.92 Å². The highest BCUT2D eigenvalue weighted by Gasteiger charge is 2.30. The average Bonchev–Trinajstić information content (AvgIpc) is 2.67. The first kappa shape index (κ1) is 9.14. The van der Waals surface area contributed by atoms with E-state index in [9.17, 15) is 0 Å². The molecule has 0 aromatic carbocycles. The normalized spacial score (nSPS) is 17.6. The molecule has 14 heavy (non-hydrogen) atoms. The fraction of sp³-hybridized carbons (Fsp3) is 0.375. The van der Waals surface area contributed by atoms with Crippen molar-refractivity contribution in [1.82, 2.24) is 19.7 Å². The van der Waals surface area contributed by atoms with Gasteiger partial charge in [-0.15, -0.1) is 11.3 Å². The molecule has 0 aliphatic carbocycles. The molecule has 6 heteroatoms. The molecule has 3 heterocycles. The van der Waals surface area contributed by atoms with E-state index in [2.05, 4.69) is 20.4 Å². The van der Waals surface area contributed by atoms with Crippen LogP contribution < -0.4 is 5.32 Å². The maximum absolute atomic E-state index is 4.26. The summed E-state index contributed by atoms with van der Waals surface area (Å²) < 4.78 is 1.88. The lowest BCUT2D eigenvalue weighted by Gasteiger charge is -2.27. The highest BCUT2D eigenvalue weighted by molar-refractivity contribution is 7.09. The highest BCUT2D eigenvalue weighted by Crippen LogP contribution is 2.32. The van der Waals surface area contributed by atoms with E-state index in [0.717, 1.165) is 16.6 Å². The van der Waals surface area contributed by atoms with E-state index < -0.39 is 0 Å². The first-order valence-electron chi connectivity index (χ1n) is 3.92. The van der Waals surface area contributed by atoms with E-state index in [4.69, 9.17) is 0 Å². The van der Waals surface area contributed by atoms with Crippen LogP contribution in [-0.4, -0.2) is 19.7 Å². The van der Waals surface area contributed by atoms with Gasteiger partial charge in [0.25, 0.3) is 0 Å². The summed E-state index contributed by atoms with van der Waals surface area (Å²) in [5.74, 6) is 1.64. The summed E-state index contributed by atoms with van der Waals surface area (Å²) in [7, 11) is 0. The molecule has 0 amide bonds. The van der Waals surface area contributed by atoms with Gasteiger partial charge in [0.15, 0.2) is 6.17 Å². The van der Waals surface area contributed by atoms with Crippen LogP contribution in [0.5, 0.6) is 0 Å². The molecular formula is C8H11N5S. The van der Waals surface area contributed by atoms with Crippen molar-refractivity contribution >= 4 is 17.3 Å². The quantitative estimate of drug-likeness (QED) is 0.776. The Labute approximate surface area is 85.8 Å². The third-order valence-corrected chi connectivity index (χ3v) is 2.80. The monoisotopic (exact) mass is 209 g/mol. The second-order valence-corrected chi connectivity index (χ2v) is 3.80. The first-order valence-corrected chi connectivity index (χ1v) is 4.80. The van der Waals surface area contributed by atoms with Gasteiger partial charge in [-0.1, -0.05) is 7.43 Å². The van der Waals surface area contributed by atoms with Crippen LogP contribution in [-0.2, 0) is 0 Å². The van der Waals surface area contributed by atoms with Gasteiger partial charge in [-0.25, -0.2) is 4.68 Å². The predicted molar refractivity (Wildman–Crippen MR) is 55.4 cm³/mol. The zero-order valence-electron chi connectivity index (χ0n) is 6.93. The van der Waals surface area contributed by atoms with E-state index >= 15 is 0 Å². The van der Waals surface area contributed by atoms with Gasteiger partial charge in [-0.05, 0) is 6.92 Å². The smallest absolute Gasteiger partial charge is 0.225 e. The summed E-state index contributed by atoms with van der Waals surface area (Å²) in [4.78, 5) is 9.37. The third-order valence-electron chi connectivity index (χ3n) is 1.97. The highest BCUT2D eigenvalue weighted by atomic mass is 32.1. The summed E-state index contributed by atoms with van der Waals surface area (Å²) >= 11 is 1.62. The number of thiazole rings is 1. The maximum Gasteiger partial charge on any atom is 0.225 e. The van der Waals surface area contributed by atoms with Crippen LogP contribution in [0.15, 0.2) is 11.7 Å². The number of rotatable bonds is 1. The molecule has 2 aromatic rings. The fourth-order valence-corrected chi connectivity index (χ4v) is 2.03. The van der Waals surface area contributed by atoms with Crippen LogP contribution >= 0.6 is 11.3 Å². The molecule has 1 aliphatic rings. The van der Waals surface area contributed by atoms with Gasteiger partial charge in [0.05, 0.1) is 10.4 Å². The molecule has 1 unspecified atom stereocenters. The lowest BCUT2D eigenvalue weighted by atomic mass is 10.3. The molecule has 2 aromatic heterocycles. The molecule has 0 saturated carbocycles. The summed E-state index contributed by atoms with van der Waals surface area (Å²) in [5, 5.41) is 7.46. The molecule has 1 atom stereocenters. The van der Waals surface area contributed by atoms with Gasteiger partial charge in [-0.2, -0.15) is 10.1 Å². The number of hydrogen-bond donors (Lipinski definition) is 1. The van der Waals surface area contributed by atoms with Gasteiger partial charge >= 0.3 is 0 Å². The molecule has 3 rings (SSSR count). The zero-order chi connectivity index (χ0) is 8.84. The Hall–Kier alpha value is -1.43. The standard InChI is InChI=1S/C7H7N5S.CH4/c1-4-9-7-10-6(12(7)11-4)5-2-8-3-13-5;/h2-3,6H,1H3,(H,9,10,11);1H4. The van der Waals surface area contributed by atoms with E-state index in [0.29, 0.717) is 0 Å². The van der Waals surface area contributed by atoms with Crippen molar-refractivity contribution in [2.45, 2.75) is 20.5 Å². The van der Waals surface area contributed by atoms with Gasteiger partial charge < -0.3 is 5.32 Å². The van der Waals surface area contributed by atoms with Crippen LogP contribution in [0.2, 0.25) is 0 Å². The fourth-order valence-electron chi connectivity index (χ4n) is 1.38. The van der Waals surface area contributed by atoms with Crippen LogP contribution in [0.3, 0.4) is 0 Å². The molecular weight excluding hydrogens is 198 g/mol. The minimum atomic E-state index is 0. The largest absolute Gasteiger partial charge is 0.328 e. The van der Waals surface area contributed by atoms with Gasteiger partial charge in [0, 0.05) is 6.20 Å². The number of aromatic nitrogens is 4. The summed E-state index contributed by atoms with van der Waals surface area (Å²) in [6, 6.07) is 0. The molecule has 0 bridgehead atoms. The Morgan fingerprint density at radius 1 is 1.57 bits per heavy atom. The van der Waals surface area contributed by atoms with Crippen molar-refractivity contribution < 1.29 is 0 Å². The number of aryl methyl sites for hydroxylation is 1. The topological polar surface area (TPSA) is 55.6 Å². The first-order chi connectivity index (χ1) is 6.34. The van der Waals surface area contributed by atoms with Crippen molar-refractivity contribution in [3.63, 3.8) is 0 Å². The molecule has 1 N–H and O–H groups in total. The van der Waals surface area contributed by atoms with Crippen LogP contribution in [0.25, 0.3) is 0 Å². The number of nitrogens with zero attached hydrogens (tertiary/aromatic N) is 4. The average molecular weight is 209 g/mol. The van der Waals surface area contributed by atoms with Crippen molar-refractivity contribution in [3.05, 3.63) is 22.4 Å². The zero-order valence-corrected chi connectivity index (χ0v) is 7.75. The van der Waals surface area contributed by atoms with Crippen molar-refractivity contribution in [2.24, 2.45) is 0 Å². The molecule has 0 radical (unpaired) electrons. The second kappa shape index (κ2) is 3.06. The number of hydrogen-bond acceptors (Lipinski definition) is 5. The Balaban J connectivity index is 0.000000750. The Kier molecular flexibility index (Phi) is 1.99. The van der Waals surface area contributed by atoms with E-state index in [1.165, 1.54) is 0 Å². The minimum absolute atomic E-state index is 0. The van der Waals surface area contributed by atoms with Crippen LogP contribution in [0.4, 0.5) is 5.95 Å². The van der Waals surface area contributed by atoms with E-state index in [1.807, 2.05) is 23.3 Å². The van der Waals surface area contributed by atoms with Gasteiger partial charge in [-0.3, -0.25) is 4.98 Å². The lowest BCUT2D eigenvalue weighted by molar-refractivity contribution is 0.514. The van der Waals surface area contributed by atoms with Gasteiger partial charge in [0.1, 0.15) is 5.82 Å². The molecule has 5 nitrogen and oxygen atoms in total. The molecule has 0 fully saturated rings. The minimum Gasteiger partial charge on any atom is -0.328 e. The molecule has 1 aliphatic heterocycles. The lowest BCUT2D eigenvalue weighted by Crippen LogP contribution is -2.31. The summed E-state index contributed by atoms with van der Waals surface area (Å²) in [6.07, 6.45) is 1.99. The number of anilines is 1. The van der Waals surface area contributed by atoms with Crippen molar-refractivity contribution in [3.8, 4) is 0 Å². The third kappa shape index (κ3) is 1.11. The van der Waals surface area contributed by atoms with Gasteiger partial charge in [0.2, 0.25) is 5.95 Å². The molecule has 0 saturated heterocycles. The maximum atomic E-state index is 4.26. The van der Waals surface area contributed by atoms with Crippen molar-refractivity contribution in [2.75, 3.05) is 5.32 Å². The Morgan fingerprint density at radius 3 is 3.07 bits per heavy atom.